The number of aromatic nitrogens is 2. The lowest BCUT2D eigenvalue weighted by Crippen LogP contribution is -2.45. The van der Waals surface area contributed by atoms with Crippen LogP contribution in [-0.2, 0) is 22.6 Å². The second-order valence-electron chi connectivity index (χ2n) is 8.21. The largest absolute Gasteiger partial charge is 0.356 e. The van der Waals surface area contributed by atoms with E-state index in [0.717, 1.165) is 55.4 Å². The summed E-state index contributed by atoms with van der Waals surface area (Å²) in [6.07, 6.45) is 5.67. The van der Waals surface area contributed by atoms with Crippen LogP contribution in [0.5, 0.6) is 0 Å². The van der Waals surface area contributed by atoms with E-state index in [1.807, 2.05) is 29.2 Å². The van der Waals surface area contributed by atoms with Crippen molar-refractivity contribution in [2.45, 2.75) is 91.8 Å². The van der Waals surface area contributed by atoms with Gasteiger partial charge in [-0.1, -0.05) is 32.4 Å². The average Bonchev–Trinajstić information content (AvgIpc) is 3.07. The molecule has 2 unspecified atom stereocenters. The number of hydrogen-bond acceptors (Lipinski definition) is 3. The van der Waals surface area contributed by atoms with E-state index >= 15 is 0 Å². The van der Waals surface area contributed by atoms with Gasteiger partial charge >= 0.3 is 0 Å². The maximum absolute atomic E-state index is 13.3. The summed E-state index contributed by atoms with van der Waals surface area (Å²) in [6.45, 7) is 11.1. The maximum Gasteiger partial charge on any atom is 0.243 e. The Morgan fingerprint density at radius 3 is 2.37 bits per heavy atom. The summed E-state index contributed by atoms with van der Waals surface area (Å²) in [5, 5.41) is 2.84. The molecule has 1 heterocycles. The van der Waals surface area contributed by atoms with Crippen LogP contribution in [0.3, 0.4) is 0 Å². The number of aryl methyl sites for hydroxylation is 1. The Balaban J connectivity index is 2.15. The van der Waals surface area contributed by atoms with Crippen LogP contribution in [0.4, 0.5) is 0 Å². The third-order valence-electron chi connectivity index (χ3n) is 5.90. The predicted octanol–water partition coefficient (Wildman–Crippen LogP) is 4.31. The highest BCUT2D eigenvalue weighted by Gasteiger charge is 2.25. The van der Waals surface area contributed by atoms with E-state index in [4.69, 9.17) is 4.98 Å². The summed E-state index contributed by atoms with van der Waals surface area (Å²) >= 11 is 0. The van der Waals surface area contributed by atoms with Gasteiger partial charge in [0, 0.05) is 32.0 Å². The summed E-state index contributed by atoms with van der Waals surface area (Å²) in [4.78, 5) is 31.2. The van der Waals surface area contributed by atoms with Crippen molar-refractivity contribution in [3.63, 3.8) is 0 Å². The highest BCUT2D eigenvalue weighted by molar-refractivity contribution is 5.81. The Morgan fingerprint density at radius 2 is 1.73 bits per heavy atom. The van der Waals surface area contributed by atoms with Crippen LogP contribution >= 0.6 is 0 Å². The van der Waals surface area contributed by atoms with Crippen molar-refractivity contribution >= 4 is 22.8 Å². The molecule has 0 spiro atoms. The van der Waals surface area contributed by atoms with Crippen molar-refractivity contribution in [2.75, 3.05) is 6.54 Å². The van der Waals surface area contributed by atoms with E-state index < -0.39 is 0 Å². The Labute approximate surface area is 181 Å². The number of carbonyl (C=O) groups is 2. The van der Waals surface area contributed by atoms with Gasteiger partial charge in [0.25, 0.3) is 0 Å². The minimum absolute atomic E-state index is 0.0162. The van der Waals surface area contributed by atoms with E-state index in [1.54, 1.807) is 6.92 Å². The van der Waals surface area contributed by atoms with E-state index in [9.17, 15) is 9.59 Å². The van der Waals surface area contributed by atoms with E-state index in [2.05, 4.69) is 37.6 Å². The number of hydrogen-bond donors (Lipinski definition) is 1. The van der Waals surface area contributed by atoms with Crippen LogP contribution in [0, 0.1) is 0 Å². The molecule has 30 heavy (non-hydrogen) atoms. The molecule has 1 aromatic carbocycles. The molecule has 6 nitrogen and oxygen atoms in total. The fourth-order valence-corrected chi connectivity index (χ4v) is 3.88. The van der Waals surface area contributed by atoms with Gasteiger partial charge < -0.3 is 14.8 Å². The quantitative estimate of drug-likeness (QED) is 0.526. The summed E-state index contributed by atoms with van der Waals surface area (Å²) in [5.41, 5.74) is 1.96. The molecule has 2 amide bonds. The van der Waals surface area contributed by atoms with E-state index in [1.165, 1.54) is 0 Å². The van der Waals surface area contributed by atoms with Crippen molar-refractivity contribution in [1.82, 2.24) is 19.8 Å². The van der Waals surface area contributed by atoms with Crippen molar-refractivity contribution in [3.8, 4) is 0 Å². The molecule has 0 saturated heterocycles. The number of rotatable bonds is 12. The SMILES string of the molecule is CCC(C)N(C(=O)Cn1c(CCCCCNC(C)=O)nc2ccccc21)C(C)CC. The van der Waals surface area contributed by atoms with Gasteiger partial charge in [0.1, 0.15) is 12.4 Å². The van der Waals surface area contributed by atoms with Crippen molar-refractivity contribution in [2.24, 2.45) is 0 Å². The standard InChI is InChI=1S/C24H38N4O2/c1-6-18(3)28(19(4)7-2)24(30)17-27-22-14-11-10-13-21(22)26-23(27)15-9-8-12-16-25-20(5)29/h10-11,13-14,18-19H,6-9,12,15-17H2,1-5H3,(H,25,29). The zero-order chi connectivity index (χ0) is 22.1. The van der Waals surface area contributed by atoms with E-state index in [0.29, 0.717) is 13.1 Å². The first-order valence-electron chi connectivity index (χ1n) is 11.4. The Morgan fingerprint density at radius 1 is 1.07 bits per heavy atom. The Hall–Kier alpha value is -2.37. The third-order valence-corrected chi connectivity index (χ3v) is 5.90. The van der Waals surface area contributed by atoms with Crippen LogP contribution < -0.4 is 5.32 Å². The molecule has 2 rings (SSSR count). The monoisotopic (exact) mass is 414 g/mol. The second kappa shape index (κ2) is 11.7. The molecular weight excluding hydrogens is 376 g/mol. The van der Waals surface area contributed by atoms with Crippen molar-refractivity contribution in [1.29, 1.82) is 0 Å². The van der Waals surface area contributed by atoms with Crippen LogP contribution in [0.15, 0.2) is 24.3 Å². The normalized spacial score (nSPS) is 13.2. The smallest absolute Gasteiger partial charge is 0.243 e. The first-order valence-corrected chi connectivity index (χ1v) is 11.4. The second-order valence-corrected chi connectivity index (χ2v) is 8.21. The molecular formula is C24H38N4O2. The number of unbranched alkanes of at least 4 members (excludes halogenated alkanes) is 2. The van der Waals surface area contributed by atoms with Gasteiger partial charge in [-0.05, 0) is 51.7 Å². The number of imidazole rings is 1. The van der Waals surface area contributed by atoms with Gasteiger partial charge in [-0.3, -0.25) is 9.59 Å². The number of nitrogens with zero attached hydrogens (tertiary/aromatic N) is 3. The molecule has 166 valence electrons. The van der Waals surface area contributed by atoms with Gasteiger partial charge in [-0.25, -0.2) is 4.98 Å². The van der Waals surface area contributed by atoms with Gasteiger partial charge in [-0.15, -0.1) is 0 Å². The molecule has 0 aliphatic rings. The zero-order valence-electron chi connectivity index (χ0n) is 19.3. The molecule has 2 atom stereocenters. The van der Waals surface area contributed by atoms with Gasteiger partial charge in [0.2, 0.25) is 11.8 Å². The molecule has 1 N–H and O–H groups in total. The number of nitrogens with one attached hydrogen (secondary N) is 1. The fraction of sp³-hybridized carbons (Fsp3) is 0.625. The maximum atomic E-state index is 13.3. The first kappa shape index (κ1) is 23.9. The zero-order valence-corrected chi connectivity index (χ0v) is 19.3. The summed E-state index contributed by atoms with van der Waals surface area (Å²) in [5.74, 6) is 1.15. The molecule has 0 saturated carbocycles. The van der Waals surface area contributed by atoms with Crippen LogP contribution in [-0.4, -0.2) is 44.9 Å². The number of para-hydroxylation sites is 2. The van der Waals surface area contributed by atoms with Crippen LogP contribution in [0.2, 0.25) is 0 Å². The summed E-state index contributed by atoms with van der Waals surface area (Å²) in [6, 6.07) is 8.50. The lowest BCUT2D eigenvalue weighted by atomic mass is 10.1. The minimum Gasteiger partial charge on any atom is -0.356 e. The molecule has 0 aliphatic heterocycles. The average molecular weight is 415 g/mol. The predicted molar refractivity (Wildman–Crippen MR) is 122 cm³/mol. The summed E-state index contributed by atoms with van der Waals surface area (Å²) < 4.78 is 2.10. The Kier molecular flexibility index (Phi) is 9.34. The first-order chi connectivity index (χ1) is 14.4. The molecule has 0 bridgehead atoms. The molecule has 0 aliphatic carbocycles. The topological polar surface area (TPSA) is 67.2 Å². The molecule has 0 fully saturated rings. The van der Waals surface area contributed by atoms with Gasteiger partial charge in [-0.2, -0.15) is 0 Å². The fourth-order valence-electron chi connectivity index (χ4n) is 3.88. The number of fused-ring (bicyclic) bond motifs is 1. The van der Waals surface area contributed by atoms with Crippen molar-refractivity contribution in [3.05, 3.63) is 30.1 Å². The third kappa shape index (κ3) is 6.31. The minimum atomic E-state index is 0.0162. The summed E-state index contributed by atoms with van der Waals surface area (Å²) in [7, 11) is 0. The lowest BCUT2D eigenvalue weighted by molar-refractivity contribution is -0.136. The Bertz CT molecular complexity index is 820. The van der Waals surface area contributed by atoms with Crippen molar-refractivity contribution < 1.29 is 9.59 Å². The lowest BCUT2D eigenvalue weighted by Gasteiger charge is -2.34. The highest BCUT2D eigenvalue weighted by Crippen LogP contribution is 2.20. The van der Waals surface area contributed by atoms with Crippen LogP contribution in [0.25, 0.3) is 11.0 Å². The molecule has 0 radical (unpaired) electrons. The number of carbonyl (C=O) groups excluding carboxylic acids is 2. The number of benzene rings is 1. The van der Waals surface area contributed by atoms with E-state index in [-0.39, 0.29) is 23.9 Å². The molecule has 1 aromatic heterocycles. The molecule has 6 heteroatoms. The molecule has 2 aromatic rings. The van der Waals surface area contributed by atoms with Crippen LogP contribution in [0.1, 0.15) is 72.5 Å². The number of amides is 2. The van der Waals surface area contributed by atoms with Gasteiger partial charge in [0.05, 0.1) is 11.0 Å². The highest BCUT2D eigenvalue weighted by atomic mass is 16.2. The van der Waals surface area contributed by atoms with Gasteiger partial charge in [0.15, 0.2) is 0 Å².